The van der Waals surface area contributed by atoms with Crippen molar-refractivity contribution in [3.63, 3.8) is 0 Å². The monoisotopic (exact) mass is 241 g/mol. The van der Waals surface area contributed by atoms with E-state index >= 15 is 0 Å². The van der Waals surface area contributed by atoms with E-state index in [1.807, 2.05) is 0 Å². The maximum atomic E-state index is 10.7. The summed E-state index contributed by atoms with van der Waals surface area (Å²) in [5.74, 6) is -0.454. The van der Waals surface area contributed by atoms with Crippen LogP contribution >= 0.6 is 11.8 Å². The molecule has 1 N–H and O–H groups in total. The van der Waals surface area contributed by atoms with Crippen molar-refractivity contribution in [3.05, 3.63) is 33.9 Å². The standard InChI is InChI=1S/C10H11NO4S/c1-7-2-3-8(6-9(7)11(14)15)16-5-4-10(12)13/h2-3,6H,4-5H2,1H3,(H,12,13). The summed E-state index contributed by atoms with van der Waals surface area (Å²) in [6, 6.07) is 4.90. The van der Waals surface area contributed by atoms with Crippen LogP contribution in [0.3, 0.4) is 0 Å². The molecule has 0 atom stereocenters. The summed E-state index contributed by atoms with van der Waals surface area (Å²) >= 11 is 1.30. The minimum Gasteiger partial charge on any atom is -0.481 e. The Kier molecular flexibility index (Phi) is 4.30. The fourth-order valence-corrected chi connectivity index (χ4v) is 2.00. The third-order valence-electron chi connectivity index (χ3n) is 1.96. The molecular weight excluding hydrogens is 230 g/mol. The van der Waals surface area contributed by atoms with Crippen LogP contribution in [-0.2, 0) is 4.79 Å². The molecule has 1 aromatic carbocycles. The largest absolute Gasteiger partial charge is 0.481 e. The molecule has 6 heteroatoms. The topological polar surface area (TPSA) is 80.4 Å². The van der Waals surface area contributed by atoms with Gasteiger partial charge in [0.1, 0.15) is 0 Å². The Morgan fingerprint density at radius 1 is 1.56 bits per heavy atom. The average molecular weight is 241 g/mol. The average Bonchev–Trinajstić information content (AvgIpc) is 2.19. The molecule has 1 rings (SSSR count). The Morgan fingerprint density at radius 3 is 2.81 bits per heavy atom. The molecule has 0 fully saturated rings. The number of carboxylic acids is 1. The number of nitrogens with zero attached hydrogens (tertiary/aromatic N) is 1. The van der Waals surface area contributed by atoms with E-state index in [9.17, 15) is 14.9 Å². The fraction of sp³-hybridized carbons (Fsp3) is 0.300. The van der Waals surface area contributed by atoms with Crippen molar-refractivity contribution >= 4 is 23.4 Å². The van der Waals surface area contributed by atoms with Gasteiger partial charge in [0, 0.05) is 22.3 Å². The minimum atomic E-state index is -0.867. The quantitative estimate of drug-likeness (QED) is 0.486. The second kappa shape index (κ2) is 5.50. The highest BCUT2D eigenvalue weighted by molar-refractivity contribution is 7.99. The van der Waals surface area contributed by atoms with Crippen LogP contribution in [0.15, 0.2) is 23.1 Å². The van der Waals surface area contributed by atoms with Crippen molar-refractivity contribution in [1.29, 1.82) is 0 Å². The number of hydrogen-bond acceptors (Lipinski definition) is 4. The molecule has 0 aliphatic rings. The molecule has 0 saturated heterocycles. The van der Waals surface area contributed by atoms with Crippen LogP contribution in [0.5, 0.6) is 0 Å². The van der Waals surface area contributed by atoms with Crippen molar-refractivity contribution < 1.29 is 14.8 Å². The molecular formula is C10H11NO4S. The highest BCUT2D eigenvalue weighted by Gasteiger charge is 2.11. The third-order valence-corrected chi connectivity index (χ3v) is 2.96. The zero-order chi connectivity index (χ0) is 12.1. The molecule has 0 spiro atoms. The van der Waals surface area contributed by atoms with Crippen LogP contribution in [0.1, 0.15) is 12.0 Å². The summed E-state index contributed by atoms with van der Waals surface area (Å²) in [5.41, 5.74) is 0.674. The maximum Gasteiger partial charge on any atom is 0.304 e. The summed E-state index contributed by atoms with van der Waals surface area (Å²) < 4.78 is 0. The van der Waals surface area contributed by atoms with E-state index in [0.29, 0.717) is 11.3 Å². The van der Waals surface area contributed by atoms with Crippen molar-refractivity contribution in [2.24, 2.45) is 0 Å². The first-order chi connectivity index (χ1) is 7.50. The van der Waals surface area contributed by atoms with E-state index in [0.717, 1.165) is 4.90 Å². The highest BCUT2D eigenvalue weighted by atomic mass is 32.2. The number of benzene rings is 1. The summed E-state index contributed by atoms with van der Waals surface area (Å²) in [6.45, 7) is 1.67. The molecule has 0 bridgehead atoms. The lowest BCUT2D eigenvalue weighted by molar-refractivity contribution is -0.385. The number of nitro benzene ring substituents is 1. The lowest BCUT2D eigenvalue weighted by Gasteiger charge is -2.01. The first kappa shape index (κ1) is 12.5. The third kappa shape index (κ3) is 3.54. The first-order valence-corrected chi connectivity index (χ1v) is 5.59. The number of rotatable bonds is 5. The SMILES string of the molecule is Cc1ccc(SCCC(=O)O)cc1[N+](=O)[O-]. The molecule has 0 aromatic heterocycles. The van der Waals surface area contributed by atoms with Gasteiger partial charge in [-0.1, -0.05) is 6.07 Å². The lowest BCUT2D eigenvalue weighted by Crippen LogP contribution is -1.96. The molecule has 16 heavy (non-hydrogen) atoms. The van der Waals surface area contributed by atoms with Gasteiger partial charge in [-0.15, -0.1) is 11.8 Å². The Morgan fingerprint density at radius 2 is 2.25 bits per heavy atom. The van der Waals surface area contributed by atoms with E-state index in [4.69, 9.17) is 5.11 Å². The van der Waals surface area contributed by atoms with Crippen molar-refractivity contribution in [3.8, 4) is 0 Å². The molecule has 0 radical (unpaired) electrons. The Labute approximate surface area is 96.6 Å². The van der Waals surface area contributed by atoms with Crippen molar-refractivity contribution in [2.75, 3.05) is 5.75 Å². The van der Waals surface area contributed by atoms with Gasteiger partial charge in [0.2, 0.25) is 0 Å². The molecule has 0 saturated carbocycles. The van der Waals surface area contributed by atoms with Gasteiger partial charge in [-0.25, -0.2) is 0 Å². The van der Waals surface area contributed by atoms with E-state index in [-0.39, 0.29) is 12.1 Å². The van der Waals surface area contributed by atoms with Crippen LogP contribution in [-0.4, -0.2) is 21.8 Å². The van der Waals surface area contributed by atoms with Gasteiger partial charge in [0.25, 0.3) is 5.69 Å². The van der Waals surface area contributed by atoms with Gasteiger partial charge in [0.15, 0.2) is 0 Å². The predicted molar refractivity (Wildman–Crippen MR) is 60.8 cm³/mol. The number of nitro groups is 1. The van der Waals surface area contributed by atoms with Gasteiger partial charge in [0.05, 0.1) is 11.3 Å². The Balaban J connectivity index is 2.71. The number of hydrogen-bond donors (Lipinski definition) is 1. The van der Waals surface area contributed by atoms with Crippen LogP contribution in [0.25, 0.3) is 0 Å². The van der Waals surface area contributed by atoms with E-state index in [1.165, 1.54) is 17.8 Å². The van der Waals surface area contributed by atoms with Gasteiger partial charge in [-0.3, -0.25) is 14.9 Å². The molecule has 0 aliphatic heterocycles. The predicted octanol–water partition coefficient (Wildman–Crippen LogP) is 2.47. The number of aliphatic carboxylic acids is 1. The van der Waals surface area contributed by atoms with Crippen LogP contribution in [0.4, 0.5) is 5.69 Å². The molecule has 0 aliphatic carbocycles. The van der Waals surface area contributed by atoms with Crippen molar-refractivity contribution in [2.45, 2.75) is 18.2 Å². The second-order valence-corrected chi connectivity index (χ2v) is 4.37. The molecule has 86 valence electrons. The highest BCUT2D eigenvalue weighted by Crippen LogP contribution is 2.26. The van der Waals surface area contributed by atoms with Crippen LogP contribution < -0.4 is 0 Å². The van der Waals surface area contributed by atoms with E-state index < -0.39 is 10.9 Å². The zero-order valence-corrected chi connectivity index (χ0v) is 9.49. The van der Waals surface area contributed by atoms with Gasteiger partial charge in [-0.05, 0) is 13.0 Å². The first-order valence-electron chi connectivity index (χ1n) is 4.60. The molecule has 0 unspecified atom stereocenters. The molecule has 1 aromatic rings. The van der Waals surface area contributed by atoms with E-state index in [2.05, 4.69) is 0 Å². The lowest BCUT2D eigenvalue weighted by atomic mass is 10.2. The molecule has 0 amide bonds. The second-order valence-electron chi connectivity index (χ2n) is 3.20. The van der Waals surface area contributed by atoms with Gasteiger partial charge in [-0.2, -0.15) is 0 Å². The van der Waals surface area contributed by atoms with Crippen molar-refractivity contribution in [1.82, 2.24) is 0 Å². The maximum absolute atomic E-state index is 10.7. The molecule has 5 nitrogen and oxygen atoms in total. The normalized spacial score (nSPS) is 10.1. The van der Waals surface area contributed by atoms with Crippen LogP contribution in [0.2, 0.25) is 0 Å². The molecule has 0 heterocycles. The number of carboxylic acid groups (broad SMARTS) is 1. The summed E-state index contributed by atoms with van der Waals surface area (Å²) in [5, 5.41) is 19.1. The summed E-state index contributed by atoms with van der Waals surface area (Å²) in [7, 11) is 0. The fourth-order valence-electron chi connectivity index (χ4n) is 1.13. The summed E-state index contributed by atoms with van der Waals surface area (Å²) in [4.78, 5) is 21.2. The number of thioether (sulfide) groups is 1. The van der Waals surface area contributed by atoms with Gasteiger partial charge >= 0.3 is 5.97 Å². The Bertz CT molecular complexity index is 419. The minimum absolute atomic E-state index is 0.0480. The van der Waals surface area contributed by atoms with E-state index in [1.54, 1.807) is 19.1 Å². The number of carbonyl (C=O) groups is 1. The smallest absolute Gasteiger partial charge is 0.304 e. The number of aryl methyl sites for hydroxylation is 1. The Hall–Kier alpha value is -1.56. The zero-order valence-electron chi connectivity index (χ0n) is 8.67. The van der Waals surface area contributed by atoms with Gasteiger partial charge < -0.3 is 5.11 Å². The summed E-state index contributed by atoms with van der Waals surface area (Å²) in [6.07, 6.45) is 0.0480. The van der Waals surface area contributed by atoms with Crippen LogP contribution in [0, 0.1) is 17.0 Å².